The molecule has 0 aliphatic carbocycles. The molecule has 1 heterocycles. The average Bonchev–Trinajstić information content (AvgIpc) is 2.52. The van der Waals surface area contributed by atoms with Gasteiger partial charge in [-0.2, -0.15) is 0 Å². The molecule has 1 rings (SSSR count). The molecule has 1 aliphatic rings. The summed E-state index contributed by atoms with van der Waals surface area (Å²) in [5.41, 5.74) is 5.68. The van der Waals surface area contributed by atoms with Crippen LogP contribution in [-0.4, -0.2) is 31.7 Å². The molecule has 1 amide bonds. The van der Waals surface area contributed by atoms with Gasteiger partial charge in [-0.1, -0.05) is 12.2 Å². The predicted molar refractivity (Wildman–Crippen MR) is 50.1 cm³/mol. The summed E-state index contributed by atoms with van der Waals surface area (Å²) in [5.74, 6) is -0.187. The fourth-order valence-corrected chi connectivity index (χ4v) is 1.25. The van der Waals surface area contributed by atoms with E-state index in [0.29, 0.717) is 19.8 Å². The zero-order chi connectivity index (χ0) is 9.68. The molecule has 0 aromatic heterocycles. The van der Waals surface area contributed by atoms with Crippen LogP contribution in [0.15, 0.2) is 12.2 Å². The van der Waals surface area contributed by atoms with Gasteiger partial charge in [0.15, 0.2) is 0 Å². The van der Waals surface area contributed by atoms with Gasteiger partial charge in [0.2, 0.25) is 5.91 Å². The minimum absolute atomic E-state index is 0.0110. The van der Waals surface area contributed by atoms with E-state index in [-0.39, 0.29) is 17.9 Å². The summed E-state index contributed by atoms with van der Waals surface area (Å²) >= 11 is 0. The third kappa shape index (κ3) is 2.82. The van der Waals surface area contributed by atoms with Crippen molar-refractivity contribution in [3.05, 3.63) is 12.2 Å². The molecule has 1 fully saturated rings. The first-order valence-corrected chi connectivity index (χ1v) is 4.48. The van der Waals surface area contributed by atoms with Gasteiger partial charge in [-0.15, -0.1) is 0 Å². The molecule has 3 N–H and O–H groups in total. The lowest BCUT2D eigenvalue weighted by Gasteiger charge is -2.11. The molecule has 0 spiro atoms. The summed E-state index contributed by atoms with van der Waals surface area (Å²) in [7, 11) is 0. The standard InChI is InChI=1S/C9H16N2O2/c1-2-3-4-11-9(12)7-5-13-6-8(7)10/h2-3,7-8H,4-6,10H2,1H3,(H,11,12)/b3-2+. The van der Waals surface area contributed by atoms with E-state index < -0.39 is 0 Å². The highest BCUT2D eigenvalue weighted by Crippen LogP contribution is 2.10. The molecule has 1 aliphatic heterocycles. The SMILES string of the molecule is C/C=C/CNC(=O)C1COCC1N. The van der Waals surface area contributed by atoms with Crippen LogP contribution in [-0.2, 0) is 9.53 Å². The second-order valence-corrected chi connectivity index (χ2v) is 3.12. The second kappa shape index (κ2) is 4.99. The van der Waals surface area contributed by atoms with Crippen LogP contribution < -0.4 is 11.1 Å². The van der Waals surface area contributed by atoms with Crippen LogP contribution in [0.2, 0.25) is 0 Å². The van der Waals surface area contributed by atoms with Crippen LogP contribution in [0.4, 0.5) is 0 Å². The molecule has 0 radical (unpaired) electrons. The molecule has 0 saturated carbocycles. The van der Waals surface area contributed by atoms with Crippen molar-refractivity contribution < 1.29 is 9.53 Å². The van der Waals surface area contributed by atoms with Crippen molar-refractivity contribution in [2.45, 2.75) is 13.0 Å². The molecule has 13 heavy (non-hydrogen) atoms. The van der Waals surface area contributed by atoms with E-state index in [2.05, 4.69) is 5.32 Å². The van der Waals surface area contributed by atoms with Crippen molar-refractivity contribution in [2.75, 3.05) is 19.8 Å². The monoisotopic (exact) mass is 184 g/mol. The Morgan fingerprint density at radius 1 is 1.69 bits per heavy atom. The Bertz CT molecular complexity index is 204. The molecule has 0 bridgehead atoms. The summed E-state index contributed by atoms with van der Waals surface area (Å²) < 4.78 is 5.09. The Morgan fingerprint density at radius 3 is 3.00 bits per heavy atom. The number of ether oxygens (including phenoxy) is 1. The Kier molecular flexibility index (Phi) is 3.92. The largest absolute Gasteiger partial charge is 0.379 e. The minimum atomic E-state index is -0.176. The summed E-state index contributed by atoms with van der Waals surface area (Å²) in [4.78, 5) is 11.4. The van der Waals surface area contributed by atoms with Crippen LogP contribution in [0.25, 0.3) is 0 Å². The number of hydrogen-bond donors (Lipinski definition) is 2. The maximum atomic E-state index is 11.4. The topological polar surface area (TPSA) is 64.3 Å². The van der Waals surface area contributed by atoms with Crippen LogP contribution in [0, 0.1) is 5.92 Å². The molecular weight excluding hydrogens is 168 g/mol. The first kappa shape index (κ1) is 10.2. The number of nitrogens with two attached hydrogens (primary N) is 1. The minimum Gasteiger partial charge on any atom is -0.379 e. The van der Waals surface area contributed by atoms with Crippen molar-refractivity contribution in [2.24, 2.45) is 11.7 Å². The smallest absolute Gasteiger partial charge is 0.227 e. The molecule has 74 valence electrons. The van der Waals surface area contributed by atoms with Crippen molar-refractivity contribution >= 4 is 5.91 Å². The van der Waals surface area contributed by atoms with E-state index >= 15 is 0 Å². The van der Waals surface area contributed by atoms with Gasteiger partial charge in [0, 0.05) is 12.6 Å². The maximum Gasteiger partial charge on any atom is 0.227 e. The van der Waals surface area contributed by atoms with Crippen LogP contribution in [0.5, 0.6) is 0 Å². The van der Waals surface area contributed by atoms with Gasteiger partial charge in [0.25, 0.3) is 0 Å². The van der Waals surface area contributed by atoms with Gasteiger partial charge in [0.1, 0.15) is 0 Å². The molecular formula is C9H16N2O2. The van der Waals surface area contributed by atoms with E-state index in [0.717, 1.165) is 0 Å². The van der Waals surface area contributed by atoms with Crippen LogP contribution in [0.3, 0.4) is 0 Å². The van der Waals surface area contributed by atoms with Crippen molar-refractivity contribution in [3.63, 3.8) is 0 Å². The van der Waals surface area contributed by atoms with Gasteiger partial charge < -0.3 is 15.8 Å². The summed E-state index contributed by atoms with van der Waals surface area (Å²) in [6.45, 7) is 3.42. The third-order valence-electron chi connectivity index (χ3n) is 2.09. The van der Waals surface area contributed by atoms with Gasteiger partial charge in [0.05, 0.1) is 19.1 Å². The summed E-state index contributed by atoms with van der Waals surface area (Å²) in [5, 5.41) is 2.77. The normalized spacial score (nSPS) is 28.2. The van der Waals surface area contributed by atoms with E-state index in [1.165, 1.54) is 0 Å². The highest BCUT2D eigenvalue weighted by molar-refractivity contribution is 5.79. The maximum absolute atomic E-state index is 11.4. The molecule has 0 aromatic carbocycles. The zero-order valence-corrected chi connectivity index (χ0v) is 7.82. The predicted octanol–water partition coefficient (Wildman–Crippen LogP) is -0.348. The quantitative estimate of drug-likeness (QED) is 0.589. The van der Waals surface area contributed by atoms with Crippen molar-refractivity contribution in [1.82, 2.24) is 5.32 Å². The highest BCUT2D eigenvalue weighted by Gasteiger charge is 2.30. The van der Waals surface area contributed by atoms with E-state index in [4.69, 9.17) is 10.5 Å². The first-order valence-electron chi connectivity index (χ1n) is 4.48. The highest BCUT2D eigenvalue weighted by atomic mass is 16.5. The number of hydrogen-bond acceptors (Lipinski definition) is 3. The lowest BCUT2D eigenvalue weighted by molar-refractivity contribution is -0.125. The molecule has 4 nitrogen and oxygen atoms in total. The Hall–Kier alpha value is -0.870. The number of rotatable bonds is 3. The fraction of sp³-hybridized carbons (Fsp3) is 0.667. The number of carbonyl (C=O) groups excluding carboxylic acids is 1. The van der Waals surface area contributed by atoms with Crippen LogP contribution >= 0.6 is 0 Å². The fourth-order valence-electron chi connectivity index (χ4n) is 1.25. The van der Waals surface area contributed by atoms with E-state index in [1.807, 2.05) is 19.1 Å². The van der Waals surface area contributed by atoms with Gasteiger partial charge >= 0.3 is 0 Å². The molecule has 1 saturated heterocycles. The molecule has 4 heteroatoms. The van der Waals surface area contributed by atoms with Gasteiger partial charge in [-0.05, 0) is 6.92 Å². The van der Waals surface area contributed by atoms with E-state index in [1.54, 1.807) is 0 Å². The lowest BCUT2D eigenvalue weighted by Crippen LogP contribution is -2.40. The molecule has 2 unspecified atom stereocenters. The zero-order valence-electron chi connectivity index (χ0n) is 7.82. The number of amides is 1. The Labute approximate surface area is 78.1 Å². The van der Waals surface area contributed by atoms with E-state index in [9.17, 15) is 4.79 Å². The van der Waals surface area contributed by atoms with Gasteiger partial charge in [-0.25, -0.2) is 0 Å². The van der Waals surface area contributed by atoms with Crippen molar-refractivity contribution in [3.8, 4) is 0 Å². The number of allylic oxidation sites excluding steroid dienone is 1. The summed E-state index contributed by atoms with van der Waals surface area (Å²) in [6.07, 6.45) is 3.78. The molecule has 2 atom stereocenters. The first-order chi connectivity index (χ1) is 6.25. The lowest BCUT2D eigenvalue weighted by atomic mass is 10.0. The number of carbonyl (C=O) groups is 1. The average molecular weight is 184 g/mol. The van der Waals surface area contributed by atoms with Gasteiger partial charge in [-0.3, -0.25) is 4.79 Å². The molecule has 0 aromatic rings. The Morgan fingerprint density at radius 2 is 2.46 bits per heavy atom. The second-order valence-electron chi connectivity index (χ2n) is 3.12. The Balaban J connectivity index is 2.30. The summed E-state index contributed by atoms with van der Waals surface area (Å²) in [6, 6.07) is -0.148. The number of nitrogens with one attached hydrogen (secondary N) is 1. The third-order valence-corrected chi connectivity index (χ3v) is 2.09. The van der Waals surface area contributed by atoms with Crippen molar-refractivity contribution in [1.29, 1.82) is 0 Å². The van der Waals surface area contributed by atoms with Crippen LogP contribution in [0.1, 0.15) is 6.92 Å².